The van der Waals surface area contributed by atoms with E-state index >= 15 is 0 Å². The van der Waals surface area contributed by atoms with E-state index in [4.69, 9.17) is 0 Å². The fourth-order valence-electron chi connectivity index (χ4n) is 2.37. The van der Waals surface area contributed by atoms with Crippen molar-refractivity contribution in [1.29, 1.82) is 0 Å². The molecule has 3 nitrogen and oxygen atoms in total. The van der Waals surface area contributed by atoms with Gasteiger partial charge in [0.25, 0.3) is 0 Å². The minimum Gasteiger partial charge on any atom is -0.481 e. The monoisotopic (exact) mass is 337 g/mol. The Labute approximate surface area is 123 Å². The summed E-state index contributed by atoms with van der Waals surface area (Å²) in [5.41, 5.74) is 2.99. The molecule has 0 amide bonds. The summed E-state index contributed by atoms with van der Waals surface area (Å²) >= 11 is 5.10. The maximum atomic E-state index is 11.2. The lowest BCUT2D eigenvalue weighted by molar-refractivity contribution is -0.138. The molecule has 0 fully saturated rings. The van der Waals surface area contributed by atoms with Crippen molar-refractivity contribution < 1.29 is 9.90 Å². The van der Waals surface area contributed by atoms with Crippen molar-refractivity contribution in [1.82, 2.24) is 4.98 Å². The number of hydrogen-bond donors (Lipinski definition) is 1. The number of thiazole rings is 1. The average Bonchev–Trinajstić information content (AvgIpc) is 2.91. The molecule has 0 spiro atoms. The van der Waals surface area contributed by atoms with Gasteiger partial charge in [-0.3, -0.25) is 4.79 Å². The highest BCUT2D eigenvalue weighted by molar-refractivity contribution is 9.10. The summed E-state index contributed by atoms with van der Waals surface area (Å²) in [6, 6.07) is 6.10. The lowest BCUT2D eigenvalue weighted by atomic mass is 10.1. The molecule has 19 heavy (non-hydrogen) atoms. The Balaban J connectivity index is 2.02. The Kier molecular flexibility index (Phi) is 3.19. The zero-order valence-electron chi connectivity index (χ0n) is 10.3. The fourth-order valence-corrected chi connectivity index (χ4v) is 3.75. The number of aromatic nitrogens is 1. The summed E-state index contributed by atoms with van der Waals surface area (Å²) in [5, 5.41) is 10.1. The molecule has 1 N–H and O–H groups in total. The number of benzene rings is 1. The van der Waals surface area contributed by atoms with Crippen LogP contribution in [0, 0.1) is 6.92 Å². The molecule has 1 aromatic heterocycles. The Morgan fingerprint density at radius 3 is 3.00 bits per heavy atom. The van der Waals surface area contributed by atoms with E-state index < -0.39 is 11.9 Å². The molecule has 0 saturated carbocycles. The van der Waals surface area contributed by atoms with Gasteiger partial charge in [0.05, 0.1) is 5.69 Å². The highest BCUT2D eigenvalue weighted by Gasteiger charge is 2.32. The molecule has 2 aromatic rings. The standard InChI is InChI=1S/C14H12BrNO2S/c1-7-6-8(2-4-10(7)15)13-16-12-9(14(17)18)3-5-11(12)19-13/h2,4,6,9H,3,5H2,1H3,(H,17,18). The number of aryl methyl sites for hydroxylation is 2. The number of aliphatic carboxylic acids is 1. The fraction of sp³-hybridized carbons (Fsp3) is 0.286. The summed E-state index contributed by atoms with van der Waals surface area (Å²) in [5.74, 6) is -1.18. The molecule has 1 unspecified atom stereocenters. The second kappa shape index (κ2) is 4.72. The predicted molar refractivity (Wildman–Crippen MR) is 78.7 cm³/mol. The molecule has 1 aliphatic rings. The van der Waals surface area contributed by atoms with E-state index in [1.54, 1.807) is 11.3 Å². The molecule has 0 saturated heterocycles. The minimum absolute atomic E-state index is 0.420. The zero-order valence-corrected chi connectivity index (χ0v) is 12.7. The third-order valence-electron chi connectivity index (χ3n) is 3.42. The maximum absolute atomic E-state index is 11.2. The third-order valence-corrected chi connectivity index (χ3v) is 5.49. The quantitative estimate of drug-likeness (QED) is 0.901. The Morgan fingerprint density at radius 1 is 1.53 bits per heavy atom. The van der Waals surface area contributed by atoms with E-state index in [0.717, 1.165) is 37.6 Å². The van der Waals surface area contributed by atoms with Crippen LogP contribution in [0.2, 0.25) is 0 Å². The lowest BCUT2D eigenvalue weighted by Gasteiger charge is -2.03. The second-order valence-electron chi connectivity index (χ2n) is 4.72. The van der Waals surface area contributed by atoms with Crippen molar-refractivity contribution in [2.24, 2.45) is 0 Å². The largest absolute Gasteiger partial charge is 0.481 e. The van der Waals surface area contributed by atoms with Crippen LogP contribution >= 0.6 is 27.3 Å². The van der Waals surface area contributed by atoms with Crippen LogP contribution in [-0.2, 0) is 11.2 Å². The highest BCUT2D eigenvalue weighted by atomic mass is 79.9. The number of carboxylic acid groups (broad SMARTS) is 1. The Bertz CT molecular complexity index is 665. The summed E-state index contributed by atoms with van der Waals surface area (Å²) in [4.78, 5) is 16.9. The van der Waals surface area contributed by atoms with Gasteiger partial charge in [-0.1, -0.05) is 22.0 Å². The lowest BCUT2D eigenvalue weighted by Crippen LogP contribution is -2.08. The van der Waals surface area contributed by atoms with Crippen LogP contribution in [0.25, 0.3) is 10.6 Å². The minimum atomic E-state index is -0.761. The number of carboxylic acids is 1. The Hall–Kier alpha value is -1.20. The van der Waals surface area contributed by atoms with Crippen LogP contribution in [0.4, 0.5) is 0 Å². The molecule has 3 rings (SSSR count). The summed E-state index contributed by atoms with van der Waals surface area (Å²) in [7, 11) is 0. The predicted octanol–water partition coefficient (Wildman–Crippen LogP) is 4.00. The summed E-state index contributed by atoms with van der Waals surface area (Å²) < 4.78 is 1.07. The van der Waals surface area contributed by atoms with E-state index in [2.05, 4.69) is 27.0 Å². The zero-order chi connectivity index (χ0) is 13.6. The van der Waals surface area contributed by atoms with Gasteiger partial charge in [0.15, 0.2) is 0 Å². The van der Waals surface area contributed by atoms with E-state index in [1.165, 1.54) is 0 Å². The number of fused-ring (bicyclic) bond motifs is 1. The van der Waals surface area contributed by atoms with E-state index in [-0.39, 0.29) is 0 Å². The van der Waals surface area contributed by atoms with E-state index in [9.17, 15) is 9.90 Å². The van der Waals surface area contributed by atoms with Crippen molar-refractivity contribution in [2.45, 2.75) is 25.7 Å². The highest BCUT2D eigenvalue weighted by Crippen LogP contribution is 2.40. The van der Waals surface area contributed by atoms with Crippen LogP contribution in [0.15, 0.2) is 22.7 Å². The first-order chi connectivity index (χ1) is 9.06. The van der Waals surface area contributed by atoms with E-state index in [0.29, 0.717) is 6.42 Å². The van der Waals surface area contributed by atoms with Crippen LogP contribution in [0.3, 0.4) is 0 Å². The van der Waals surface area contributed by atoms with Gasteiger partial charge in [-0.2, -0.15) is 0 Å². The molecular weight excluding hydrogens is 326 g/mol. The molecule has 1 heterocycles. The SMILES string of the molecule is Cc1cc(-c2nc3c(s2)CCC3C(=O)O)ccc1Br. The van der Waals surface area contributed by atoms with Gasteiger partial charge in [-0.25, -0.2) is 4.98 Å². The van der Waals surface area contributed by atoms with Gasteiger partial charge in [-0.05, 0) is 37.5 Å². The first-order valence-electron chi connectivity index (χ1n) is 6.05. The van der Waals surface area contributed by atoms with Gasteiger partial charge >= 0.3 is 5.97 Å². The first-order valence-corrected chi connectivity index (χ1v) is 7.66. The van der Waals surface area contributed by atoms with Gasteiger partial charge in [-0.15, -0.1) is 11.3 Å². The second-order valence-corrected chi connectivity index (χ2v) is 6.66. The van der Waals surface area contributed by atoms with Gasteiger partial charge in [0.1, 0.15) is 10.9 Å². The molecule has 0 radical (unpaired) electrons. The van der Waals surface area contributed by atoms with Crippen molar-refractivity contribution in [3.8, 4) is 10.6 Å². The molecule has 1 atom stereocenters. The first kappa shape index (κ1) is 12.8. The Morgan fingerprint density at radius 2 is 2.32 bits per heavy atom. The molecular formula is C14H12BrNO2S. The van der Waals surface area contributed by atoms with E-state index in [1.807, 2.05) is 19.1 Å². The van der Waals surface area contributed by atoms with Crippen molar-refractivity contribution in [3.05, 3.63) is 38.8 Å². The third kappa shape index (κ3) is 2.21. The van der Waals surface area contributed by atoms with Crippen LogP contribution in [0.1, 0.15) is 28.5 Å². The van der Waals surface area contributed by atoms with Gasteiger partial charge < -0.3 is 5.11 Å². The molecule has 0 bridgehead atoms. The van der Waals surface area contributed by atoms with Crippen LogP contribution in [0.5, 0.6) is 0 Å². The van der Waals surface area contributed by atoms with Crippen LogP contribution in [-0.4, -0.2) is 16.1 Å². The topological polar surface area (TPSA) is 50.2 Å². The van der Waals surface area contributed by atoms with Gasteiger partial charge in [0, 0.05) is 14.9 Å². The molecule has 98 valence electrons. The molecule has 1 aromatic carbocycles. The van der Waals surface area contributed by atoms with Crippen molar-refractivity contribution in [3.63, 3.8) is 0 Å². The number of rotatable bonds is 2. The number of carbonyl (C=O) groups is 1. The van der Waals surface area contributed by atoms with Crippen molar-refractivity contribution >= 4 is 33.2 Å². The molecule has 0 aliphatic heterocycles. The number of halogens is 1. The summed E-state index contributed by atoms with van der Waals surface area (Å²) in [6.45, 7) is 2.04. The van der Waals surface area contributed by atoms with Gasteiger partial charge in [0.2, 0.25) is 0 Å². The average molecular weight is 338 g/mol. The maximum Gasteiger partial charge on any atom is 0.312 e. The number of nitrogens with zero attached hydrogens (tertiary/aromatic N) is 1. The summed E-state index contributed by atoms with van der Waals surface area (Å²) in [6.07, 6.45) is 1.52. The molecule has 5 heteroatoms. The number of hydrogen-bond acceptors (Lipinski definition) is 3. The smallest absolute Gasteiger partial charge is 0.312 e. The van der Waals surface area contributed by atoms with Crippen LogP contribution < -0.4 is 0 Å². The van der Waals surface area contributed by atoms with Crippen molar-refractivity contribution in [2.75, 3.05) is 0 Å². The normalized spacial score (nSPS) is 17.5. The molecule has 1 aliphatic carbocycles.